The van der Waals surface area contributed by atoms with Crippen molar-refractivity contribution in [3.05, 3.63) is 101 Å². The zero-order valence-corrected chi connectivity index (χ0v) is 25.4. The first-order valence-electron chi connectivity index (χ1n) is 16.1. The van der Waals surface area contributed by atoms with Gasteiger partial charge in [-0.2, -0.15) is 0 Å². The zero-order chi connectivity index (χ0) is 29.6. The Labute approximate surface area is 254 Å². The number of nitrogens with zero attached hydrogens (tertiary/aromatic N) is 4. The van der Waals surface area contributed by atoms with Gasteiger partial charge in [-0.15, -0.1) is 0 Å². The van der Waals surface area contributed by atoms with Crippen LogP contribution in [0.15, 0.2) is 78.9 Å². The minimum absolute atomic E-state index is 0.0186. The third kappa shape index (κ3) is 5.10. The van der Waals surface area contributed by atoms with Crippen LogP contribution in [0.25, 0.3) is 11.0 Å². The van der Waals surface area contributed by atoms with E-state index in [0.717, 1.165) is 37.1 Å². The number of amides is 1. The molecular formula is C37H42N4O2. The Morgan fingerprint density at radius 2 is 1.44 bits per heavy atom. The first-order chi connectivity index (χ1) is 20.9. The van der Waals surface area contributed by atoms with E-state index in [9.17, 15) is 9.59 Å². The molecule has 222 valence electrons. The van der Waals surface area contributed by atoms with Crippen LogP contribution in [0.1, 0.15) is 90.0 Å². The van der Waals surface area contributed by atoms with Crippen LogP contribution in [0.4, 0.5) is 0 Å². The van der Waals surface area contributed by atoms with Gasteiger partial charge >= 0.3 is 0 Å². The molecule has 3 aromatic carbocycles. The molecule has 0 N–H and O–H groups in total. The topological polar surface area (TPSA) is 58.4 Å². The number of benzene rings is 3. The van der Waals surface area contributed by atoms with Gasteiger partial charge in [0.25, 0.3) is 5.91 Å². The maximum atomic E-state index is 13.6. The van der Waals surface area contributed by atoms with Crippen LogP contribution in [0.5, 0.6) is 0 Å². The van der Waals surface area contributed by atoms with E-state index in [1.54, 1.807) is 12.1 Å². The molecule has 0 spiro atoms. The lowest BCUT2D eigenvalue weighted by molar-refractivity contribution is 0.0604. The first-order valence-corrected chi connectivity index (χ1v) is 16.1. The molecule has 4 heterocycles. The smallest absolute Gasteiger partial charge is 0.254 e. The molecule has 3 aliphatic rings. The number of aromatic nitrogens is 2. The van der Waals surface area contributed by atoms with Gasteiger partial charge in [0.1, 0.15) is 5.82 Å². The number of piperidine rings is 2. The van der Waals surface area contributed by atoms with Gasteiger partial charge in [0.2, 0.25) is 0 Å². The standard InChI is InChI=1S/C37H42N4O2/c1-26(42)32-12-6-7-13-33(32)36(43)39-21-18-37(19-22-39,28-10-4-3-5-11-28)20-23-40-29-16-17-30(40)25-31(24-29)41-27(2)38-34-14-8-9-15-35(34)41/h3-15,29-31H,16-25H2,1-2H3. The first kappa shape index (κ1) is 28.0. The average molecular weight is 575 g/mol. The number of imidazole rings is 1. The van der Waals surface area contributed by atoms with E-state index >= 15 is 0 Å². The highest BCUT2D eigenvalue weighted by molar-refractivity contribution is 6.07. The van der Waals surface area contributed by atoms with E-state index in [4.69, 9.17) is 4.98 Å². The Hall–Kier alpha value is -3.77. The second kappa shape index (κ2) is 11.4. The summed E-state index contributed by atoms with van der Waals surface area (Å²) in [6.07, 6.45) is 7.93. The Bertz CT molecular complexity index is 1620. The summed E-state index contributed by atoms with van der Waals surface area (Å²) in [7, 11) is 0. The molecule has 1 aromatic heterocycles. The second-order valence-electron chi connectivity index (χ2n) is 13.1. The summed E-state index contributed by atoms with van der Waals surface area (Å²) in [6.45, 7) is 6.22. The quantitative estimate of drug-likeness (QED) is 0.224. The van der Waals surface area contributed by atoms with Crippen LogP contribution in [0.3, 0.4) is 0 Å². The van der Waals surface area contributed by atoms with Gasteiger partial charge in [0.15, 0.2) is 5.78 Å². The molecule has 2 bridgehead atoms. The monoisotopic (exact) mass is 574 g/mol. The highest BCUT2D eigenvalue weighted by Gasteiger charge is 2.44. The van der Waals surface area contributed by atoms with Gasteiger partial charge in [0.05, 0.1) is 16.6 Å². The summed E-state index contributed by atoms with van der Waals surface area (Å²) in [5, 5.41) is 0. The number of hydrogen-bond acceptors (Lipinski definition) is 4. The minimum Gasteiger partial charge on any atom is -0.339 e. The maximum Gasteiger partial charge on any atom is 0.254 e. The van der Waals surface area contributed by atoms with Crippen LogP contribution < -0.4 is 0 Å². The van der Waals surface area contributed by atoms with E-state index in [2.05, 4.69) is 71.0 Å². The molecular weight excluding hydrogens is 532 g/mol. The number of ketones is 1. The fourth-order valence-corrected chi connectivity index (χ4v) is 8.55. The molecule has 1 amide bonds. The normalized spacial score (nSPS) is 23.5. The number of rotatable bonds is 7. The number of Topliss-reactive ketones (excluding diaryl/α,β-unsaturated/α-hetero) is 1. The molecule has 0 radical (unpaired) electrons. The van der Waals surface area contributed by atoms with E-state index in [-0.39, 0.29) is 17.1 Å². The maximum absolute atomic E-state index is 13.6. The van der Waals surface area contributed by atoms with Crippen LogP contribution in [-0.4, -0.2) is 62.8 Å². The van der Waals surface area contributed by atoms with Crippen LogP contribution in [0, 0.1) is 6.92 Å². The minimum atomic E-state index is -0.0608. The van der Waals surface area contributed by atoms with Crippen molar-refractivity contribution in [1.29, 1.82) is 0 Å². The summed E-state index contributed by atoms with van der Waals surface area (Å²) in [6, 6.07) is 28.5. The summed E-state index contributed by atoms with van der Waals surface area (Å²) in [4.78, 5) is 35.5. The van der Waals surface area contributed by atoms with Crippen molar-refractivity contribution < 1.29 is 9.59 Å². The molecule has 4 aromatic rings. The molecule has 7 rings (SSSR count). The van der Waals surface area contributed by atoms with Gasteiger partial charge in [-0.25, -0.2) is 4.98 Å². The fourth-order valence-electron chi connectivity index (χ4n) is 8.55. The molecule has 3 fully saturated rings. The Balaban J connectivity index is 1.07. The van der Waals surface area contributed by atoms with Crippen molar-refractivity contribution in [2.24, 2.45) is 0 Å². The van der Waals surface area contributed by atoms with Gasteiger partial charge in [-0.1, -0.05) is 60.7 Å². The Morgan fingerprint density at radius 3 is 2.14 bits per heavy atom. The fraction of sp³-hybridized carbons (Fsp3) is 0.432. The molecule has 6 nitrogen and oxygen atoms in total. The van der Waals surface area contributed by atoms with Gasteiger partial charge in [0, 0.05) is 36.8 Å². The number of carbonyl (C=O) groups is 2. The molecule has 0 aliphatic carbocycles. The number of aryl methyl sites for hydroxylation is 1. The van der Waals surface area contributed by atoms with Crippen molar-refractivity contribution in [2.45, 2.75) is 82.3 Å². The lowest BCUT2D eigenvalue weighted by atomic mass is 9.70. The SMILES string of the molecule is CC(=O)c1ccccc1C(=O)N1CCC(CCN2C3CCC2CC(n2c(C)nc4ccccc42)C3)(c2ccccc2)CC1. The van der Waals surface area contributed by atoms with Crippen molar-refractivity contribution >= 4 is 22.7 Å². The number of para-hydroxylation sites is 2. The molecule has 3 saturated heterocycles. The second-order valence-corrected chi connectivity index (χ2v) is 13.1. The largest absolute Gasteiger partial charge is 0.339 e. The summed E-state index contributed by atoms with van der Waals surface area (Å²) < 4.78 is 2.51. The Kier molecular flexibility index (Phi) is 7.42. The van der Waals surface area contributed by atoms with Gasteiger partial charge < -0.3 is 9.47 Å². The van der Waals surface area contributed by atoms with E-state index in [1.165, 1.54) is 43.7 Å². The third-order valence-electron chi connectivity index (χ3n) is 10.8. The predicted molar refractivity (Wildman–Crippen MR) is 171 cm³/mol. The summed E-state index contributed by atoms with van der Waals surface area (Å²) in [5.41, 5.74) is 4.87. The van der Waals surface area contributed by atoms with Gasteiger partial charge in [-0.3, -0.25) is 14.5 Å². The molecule has 2 unspecified atom stereocenters. The van der Waals surface area contributed by atoms with E-state index in [0.29, 0.717) is 42.3 Å². The number of fused-ring (bicyclic) bond motifs is 3. The molecule has 43 heavy (non-hydrogen) atoms. The zero-order valence-electron chi connectivity index (χ0n) is 25.4. The highest BCUT2D eigenvalue weighted by Crippen LogP contribution is 2.45. The summed E-state index contributed by atoms with van der Waals surface area (Å²) >= 11 is 0. The third-order valence-corrected chi connectivity index (χ3v) is 10.8. The number of carbonyl (C=O) groups excluding carboxylic acids is 2. The Morgan fingerprint density at radius 1 is 0.814 bits per heavy atom. The lowest BCUT2D eigenvalue weighted by Gasteiger charge is -2.45. The van der Waals surface area contributed by atoms with E-state index in [1.807, 2.05) is 17.0 Å². The average Bonchev–Trinajstić information content (AvgIpc) is 3.50. The summed E-state index contributed by atoms with van der Waals surface area (Å²) in [5.74, 6) is 1.05. The molecule has 3 aliphatic heterocycles. The van der Waals surface area contributed by atoms with Gasteiger partial charge in [-0.05, 0) is 94.5 Å². The molecule has 6 heteroatoms. The highest BCUT2D eigenvalue weighted by atomic mass is 16.2. The van der Waals surface area contributed by atoms with Crippen LogP contribution in [-0.2, 0) is 5.41 Å². The molecule has 2 atom stereocenters. The number of likely N-dealkylation sites (tertiary alicyclic amines) is 1. The predicted octanol–water partition coefficient (Wildman–Crippen LogP) is 6.98. The lowest BCUT2D eigenvalue weighted by Crippen LogP contribution is -2.49. The van der Waals surface area contributed by atoms with Crippen molar-refractivity contribution in [2.75, 3.05) is 19.6 Å². The van der Waals surface area contributed by atoms with Crippen LogP contribution in [0.2, 0.25) is 0 Å². The molecule has 0 saturated carbocycles. The van der Waals surface area contributed by atoms with E-state index < -0.39 is 0 Å². The van der Waals surface area contributed by atoms with Crippen molar-refractivity contribution in [1.82, 2.24) is 19.4 Å². The van der Waals surface area contributed by atoms with Crippen molar-refractivity contribution in [3.8, 4) is 0 Å². The van der Waals surface area contributed by atoms with Crippen molar-refractivity contribution in [3.63, 3.8) is 0 Å². The number of hydrogen-bond donors (Lipinski definition) is 0. The van der Waals surface area contributed by atoms with Crippen LogP contribution >= 0.6 is 0 Å².